The van der Waals surface area contributed by atoms with Crippen LogP contribution < -0.4 is 5.32 Å². The van der Waals surface area contributed by atoms with Crippen molar-refractivity contribution in [2.45, 2.75) is 59.2 Å². The summed E-state index contributed by atoms with van der Waals surface area (Å²) in [6.07, 6.45) is 3.73. The molecular weight excluding hydrogens is 270 g/mol. The lowest BCUT2D eigenvalue weighted by molar-refractivity contribution is -0.160. The Morgan fingerprint density at radius 3 is 2.48 bits per heavy atom. The zero-order chi connectivity index (χ0) is 16.0. The average molecular weight is 295 g/mol. The normalized spacial score (nSPS) is 13.0. The molecular formula is C15H25N3O3. The number of nitrogens with zero attached hydrogens (tertiary/aromatic N) is 2. The van der Waals surface area contributed by atoms with E-state index in [4.69, 9.17) is 4.74 Å². The van der Waals surface area contributed by atoms with Gasteiger partial charge in [0.15, 0.2) is 0 Å². The van der Waals surface area contributed by atoms with Crippen molar-refractivity contribution < 1.29 is 14.3 Å². The average Bonchev–Trinajstić information content (AvgIpc) is 2.83. The summed E-state index contributed by atoms with van der Waals surface area (Å²) in [7, 11) is 0. The first-order valence-electron chi connectivity index (χ1n) is 7.18. The fourth-order valence-corrected chi connectivity index (χ4v) is 1.76. The lowest BCUT2D eigenvalue weighted by atomic mass is 10.0. The van der Waals surface area contributed by atoms with Crippen LogP contribution in [-0.4, -0.2) is 33.3 Å². The van der Waals surface area contributed by atoms with E-state index >= 15 is 0 Å². The Balaban J connectivity index is 2.53. The van der Waals surface area contributed by atoms with Crippen LogP contribution in [-0.2, 0) is 20.9 Å². The van der Waals surface area contributed by atoms with Crippen LogP contribution in [0, 0.1) is 5.92 Å². The Labute approximate surface area is 125 Å². The van der Waals surface area contributed by atoms with E-state index in [1.54, 1.807) is 23.1 Å². The highest BCUT2D eigenvalue weighted by atomic mass is 16.6. The molecule has 0 saturated heterocycles. The number of hydrogen-bond acceptors (Lipinski definition) is 4. The van der Waals surface area contributed by atoms with Crippen LogP contribution in [0.1, 0.15) is 41.0 Å². The third kappa shape index (κ3) is 6.42. The molecule has 21 heavy (non-hydrogen) atoms. The molecule has 1 aromatic rings. The Morgan fingerprint density at radius 1 is 1.33 bits per heavy atom. The lowest BCUT2D eigenvalue weighted by Crippen LogP contribution is -2.47. The molecule has 6 heteroatoms. The highest BCUT2D eigenvalue weighted by Crippen LogP contribution is 2.12. The maximum atomic E-state index is 12.1. The first-order valence-corrected chi connectivity index (χ1v) is 7.18. The van der Waals surface area contributed by atoms with Crippen LogP contribution in [0.15, 0.2) is 18.5 Å². The zero-order valence-corrected chi connectivity index (χ0v) is 13.4. The van der Waals surface area contributed by atoms with Gasteiger partial charge in [-0.05, 0) is 32.8 Å². The van der Waals surface area contributed by atoms with Crippen molar-refractivity contribution in [2.24, 2.45) is 5.92 Å². The SMILES string of the molecule is CC(C)[C@@H](NC(=O)CCn1cccn1)C(=O)OC(C)(C)C. The number of aromatic nitrogens is 2. The maximum absolute atomic E-state index is 12.1. The van der Waals surface area contributed by atoms with Gasteiger partial charge >= 0.3 is 5.97 Å². The Kier molecular flexibility index (Phi) is 5.93. The van der Waals surface area contributed by atoms with Crippen LogP contribution in [0.25, 0.3) is 0 Å². The Bertz CT molecular complexity index is 461. The molecule has 0 aromatic carbocycles. The number of nitrogens with one attached hydrogen (secondary N) is 1. The predicted molar refractivity (Wildman–Crippen MR) is 79.5 cm³/mol. The fourth-order valence-electron chi connectivity index (χ4n) is 1.76. The molecule has 0 radical (unpaired) electrons. The monoisotopic (exact) mass is 295 g/mol. The van der Waals surface area contributed by atoms with Gasteiger partial charge < -0.3 is 10.1 Å². The van der Waals surface area contributed by atoms with Crippen molar-refractivity contribution in [3.05, 3.63) is 18.5 Å². The van der Waals surface area contributed by atoms with Crippen LogP contribution in [0.2, 0.25) is 0 Å². The summed E-state index contributed by atoms with van der Waals surface area (Å²) in [4.78, 5) is 24.1. The van der Waals surface area contributed by atoms with E-state index in [0.717, 1.165) is 0 Å². The highest BCUT2D eigenvalue weighted by Gasteiger charge is 2.28. The first kappa shape index (κ1) is 17.2. The van der Waals surface area contributed by atoms with E-state index in [0.29, 0.717) is 6.54 Å². The summed E-state index contributed by atoms with van der Waals surface area (Å²) in [6, 6.07) is 1.17. The molecule has 6 nitrogen and oxygen atoms in total. The van der Waals surface area contributed by atoms with E-state index in [-0.39, 0.29) is 18.2 Å². The van der Waals surface area contributed by atoms with E-state index in [2.05, 4.69) is 10.4 Å². The number of aryl methyl sites for hydroxylation is 1. The number of hydrogen-bond donors (Lipinski definition) is 1. The molecule has 0 fully saturated rings. The third-order valence-electron chi connectivity index (χ3n) is 2.77. The summed E-state index contributed by atoms with van der Waals surface area (Å²) in [5, 5.41) is 6.78. The van der Waals surface area contributed by atoms with E-state index < -0.39 is 17.6 Å². The summed E-state index contributed by atoms with van der Waals surface area (Å²) < 4.78 is 7.02. The molecule has 0 spiro atoms. The topological polar surface area (TPSA) is 73.2 Å². The molecule has 0 saturated carbocycles. The molecule has 1 N–H and O–H groups in total. The number of ether oxygens (including phenoxy) is 1. The minimum Gasteiger partial charge on any atom is -0.458 e. The lowest BCUT2D eigenvalue weighted by Gasteiger charge is -2.26. The van der Waals surface area contributed by atoms with E-state index in [1.807, 2.05) is 34.6 Å². The zero-order valence-electron chi connectivity index (χ0n) is 13.4. The molecule has 1 atom stereocenters. The largest absolute Gasteiger partial charge is 0.458 e. The van der Waals surface area contributed by atoms with Crippen molar-refractivity contribution in [1.29, 1.82) is 0 Å². The number of esters is 1. The van der Waals surface area contributed by atoms with E-state index in [9.17, 15) is 9.59 Å². The van der Waals surface area contributed by atoms with Gasteiger partial charge in [0, 0.05) is 25.4 Å². The number of amides is 1. The van der Waals surface area contributed by atoms with Gasteiger partial charge in [-0.3, -0.25) is 9.48 Å². The van der Waals surface area contributed by atoms with Gasteiger partial charge in [0.1, 0.15) is 11.6 Å². The Hall–Kier alpha value is -1.85. The van der Waals surface area contributed by atoms with Crippen LogP contribution in [0.4, 0.5) is 0 Å². The number of carbonyl (C=O) groups is 2. The minimum absolute atomic E-state index is 0.0338. The maximum Gasteiger partial charge on any atom is 0.329 e. The molecule has 0 bridgehead atoms. The second-order valence-electron chi connectivity index (χ2n) is 6.34. The summed E-state index contributed by atoms with van der Waals surface area (Å²) >= 11 is 0. The summed E-state index contributed by atoms with van der Waals surface area (Å²) in [6.45, 7) is 9.66. The van der Waals surface area contributed by atoms with Gasteiger partial charge in [0.2, 0.25) is 5.91 Å². The number of rotatable bonds is 6. The van der Waals surface area contributed by atoms with Gasteiger partial charge in [-0.25, -0.2) is 4.79 Å². The van der Waals surface area contributed by atoms with Gasteiger partial charge in [-0.1, -0.05) is 13.8 Å². The van der Waals surface area contributed by atoms with Crippen LogP contribution >= 0.6 is 0 Å². The highest BCUT2D eigenvalue weighted by molar-refractivity contribution is 5.84. The smallest absolute Gasteiger partial charge is 0.329 e. The van der Waals surface area contributed by atoms with Crippen LogP contribution in [0.3, 0.4) is 0 Å². The van der Waals surface area contributed by atoms with E-state index in [1.165, 1.54) is 0 Å². The van der Waals surface area contributed by atoms with Crippen molar-refractivity contribution in [3.8, 4) is 0 Å². The van der Waals surface area contributed by atoms with Gasteiger partial charge in [-0.2, -0.15) is 5.10 Å². The standard InChI is InChI=1S/C15H25N3O3/c1-11(2)13(14(20)21-15(3,4)5)17-12(19)7-10-18-9-6-8-16-18/h6,8-9,11,13H,7,10H2,1-5H3,(H,17,19)/t13-/m1/s1. The van der Waals surface area contributed by atoms with Gasteiger partial charge in [-0.15, -0.1) is 0 Å². The Morgan fingerprint density at radius 2 is 2.00 bits per heavy atom. The van der Waals surface area contributed by atoms with Crippen molar-refractivity contribution in [2.75, 3.05) is 0 Å². The molecule has 1 rings (SSSR count). The predicted octanol–water partition coefficient (Wildman–Crippen LogP) is 1.76. The molecule has 0 aliphatic rings. The summed E-state index contributed by atoms with van der Waals surface area (Å²) in [5.41, 5.74) is -0.565. The molecule has 1 amide bonds. The van der Waals surface area contributed by atoms with Crippen molar-refractivity contribution >= 4 is 11.9 Å². The van der Waals surface area contributed by atoms with Gasteiger partial charge in [0.05, 0.1) is 0 Å². The molecule has 0 unspecified atom stereocenters. The van der Waals surface area contributed by atoms with Crippen molar-refractivity contribution in [1.82, 2.24) is 15.1 Å². The number of carbonyl (C=O) groups excluding carboxylic acids is 2. The third-order valence-corrected chi connectivity index (χ3v) is 2.77. The molecule has 118 valence electrons. The summed E-state index contributed by atoms with van der Waals surface area (Å²) in [5.74, 6) is -0.617. The second-order valence-corrected chi connectivity index (χ2v) is 6.34. The quantitative estimate of drug-likeness (QED) is 0.812. The minimum atomic E-state index is -0.630. The fraction of sp³-hybridized carbons (Fsp3) is 0.667. The molecule has 1 aromatic heterocycles. The molecule has 0 aliphatic carbocycles. The molecule has 1 heterocycles. The van der Waals surface area contributed by atoms with Gasteiger partial charge in [0.25, 0.3) is 0 Å². The van der Waals surface area contributed by atoms with Crippen molar-refractivity contribution in [3.63, 3.8) is 0 Å². The van der Waals surface area contributed by atoms with Crippen LogP contribution in [0.5, 0.6) is 0 Å². The first-order chi connectivity index (χ1) is 9.69. The molecule has 0 aliphatic heterocycles. The second kappa shape index (κ2) is 7.24.